The van der Waals surface area contributed by atoms with Gasteiger partial charge in [0, 0.05) is 24.4 Å². The number of likely N-dealkylation sites (tertiary alicyclic amines) is 2. The van der Waals surface area contributed by atoms with Crippen molar-refractivity contribution >= 4 is 23.3 Å². The molecule has 6 nitrogen and oxygen atoms in total. The van der Waals surface area contributed by atoms with Crippen LogP contribution >= 0.6 is 11.3 Å². The highest BCUT2D eigenvalue weighted by Crippen LogP contribution is 2.32. The second kappa shape index (κ2) is 6.47. The molecule has 126 valence electrons. The van der Waals surface area contributed by atoms with E-state index in [1.54, 1.807) is 11.3 Å². The maximum Gasteiger partial charge on any atom is 0.317 e. The molecule has 0 saturated carbocycles. The average Bonchev–Trinajstić information content (AvgIpc) is 3.07. The number of carbonyl (C=O) groups excluding carboxylic acids is 2. The van der Waals surface area contributed by atoms with Crippen LogP contribution in [0.5, 0.6) is 0 Å². The molecule has 2 aliphatic rings. The van der Waals surface area contributed by atoms with Gasteiger partial charge in [0.1, 0.15) is 0 Å². The van der Waals surface area contributed by atoms with E-state index in [0.717, 1.165) is 23.5 Å². The van der Waals surface area contributed by atoms with E-state index in [-0.39, 0.29) is 30.1 Å². The van der Waals surface area contributed by atoms with Gasteiger partial charge in [-0.25, -0.2) is 9.78 Å². The van der Waals surface area contributed by atoms with Crippen LogP contribution in [0.1, 0.15) is 43.8 Å². The lowest BCUT2D eigenvalue weighted by molar-refractivity contribution is -0.138. The smallest absolute Gasteiger partial charge is 0.317 e. The number of thiazole rings is 1. The lowest BCUT2D eigenvalue weighted by atomic mass is 9.96. The van der Waals surface area contributed by atoms with Crippen molar-refractivity contribution < 1.29 is 9.59 Å². The molecular weight excluding hydrogens is 312 g/mol. The summed E-state index contributed by atoms with van der Waals surface area (Å²) in [4.78, 5) is 33.1. The number of hydrogen-bond acceptors (Lipinski definition) is 4. The van der Waals surface area contributed by atoms with Crippen molar-refractivity contribution in [3.05, 3.63) is 16.1 Å². The molecule has 0 spiro atoms. The van der Waals surface area contributed by atoms with Crippen LogP contribution < -0.4 is 5.32 Å². The van der Waals surface area contributed by atoms with Gasteiger partial charge in [-0.2, -0.15) is 0 Å². The first-order valence-corrected chi connectivity index (χ1v) is 9.11. The lowest BCUT2D eigenvalue weighted by Gasteiger charge is -2.39. The van der Waals surface area contributed by atoms with Gasteiger partial charge in [0.25, 0.3) is 0 Å². The molecule has 3 heterocycles. The normalized spacial score (nSPS) is 24.3. The molecule has 2 fully saturated rings. The van der Waals surface area contributed by atoms with E-state index < -0.39 is 0 Å². The van der Waals surface area contributed by atoms with E-state index >= 15 is 0 Å². The van der Waals surface area contributed by atoms with Gasteiger partial charge in [-0.15, -0.1) is 11.3 Å². The zero-order valence-corrected chi connectivity index (χ0v) is 14.7. The fraction of sp³-hybridized carbons (Fsp3) is 0.688. The molecule has 1 aromatic heterocycles. The molecule has 0 aliphatic carbocycles. The Balaban J connectivity index is 1.72. The van der Waals surface area contributed by atoms with E-state index in [2.05, 4.69) is 10.3 Å². The summed E-state index contributed by atoms with van der Waals surface area (Å²) in [6, 6.07) is 0.370. The predicted molar refractivity (Wildman–Crippen MR) is 89.2 cm³/mol. The van der Waals surface area contributed by atoms with Crippen LogP contribution in [0.2, 0.25) is 0 Å². The Bertz CT molecular complexity index is 601. The number of urea groups is 1. The first-order chi connectivity index (χ1) is 11.0. The zero-order valence-electron chi connectivity index (χ0n) is 13.9. The van der Waals surface area contributed by atoms with Crippen molar-refractivity contribution in [1.29, 1.82) is 0 Å². The second-order valence-corrected chi connectivity index (χ2v) is 7.70. The maximum atomic E-state index is 12.4. The zero-order chi connectivity index (χ0) is 16.6. The molecule has 23 heavy (non-hydrogen) atoms. The first-order valence-electron chi connectivity index (χ1n) is 8.23. The maximum absolute atomic E-state index is 12.4. The average molecular weight is 336 g/mol. The number of carbonyl (C=O) groups is 2. The van der Waals surface area contributed by atoms with Crippen LogP contribution in [-0.4, -0.2) is 51.4 Å². The van der Waals surface area contributed by atoms with Crippen LogP contribution in [-0.2, 0) is 11.3 Å². The highest BCUT2D eigenvalue weighted by Gasteiger charge is 2.44. The molecule has 2 saturated heterocycles. The van der Waals surface area contributed by atoms with Gasteiger partial charge in [-0.05, 0) is 33.6 Å². The minimum atomic E-state index is -0.00805. The quantitative estimate of drug-likeness (QED) is 0.919. The van der Waals surface area contributed by atoms with Crippen LogP contribution in [0.4, 0.5) is 4.79 Å². The molecule has 7 heteroatoms. The molecule has 3 amide bonds. The van der Waals surface area contributed by atoms with Crippen molar-refractivity contribution in [2.75, 3.05) is 6.54 Å². The van der Waals surface area contributed by atoms with Gasteiger partial charge in [0.2, 0.25) is 5.91 Å². The third-order valence-corrected chi connectivity index (χ3v) is 5.38. The number of fused-ring (bicyclic) bond motifs is 1. The molecule has 1 N–H and O–H groups in total. The molecule has 3 rings (SSSR count). The summed E-state index contributed by atoms with van der Waals surface area (Å²) in [7, 11) is 0. The summed E-state index contributed by atoms with van der Waals surface area (Å²) in [5, 5.41) is 6.01. The Morgan fingerprint density at radius 2 is 2.22 bits per heavy atom. The highest BCUT2D eigenvalue weighted by molar-refractivity contribution is 7.09. The molecule has 0 radical (unpaired) electrons. The number of aromatic nitrogens is 1. The summed E-state index contributed by atoms with van der Waals surface area (Å²) in [6.45, 7) is 7.18. The second-order valence-electron chi connectivity index (χ2n) is 6.64. The molecule has 0 aromatic carbocycles. The number of piperidine rings is 1. The third kappa shape index (κ3) is 3.34. The molecule has 0 unspecified atom stereocenters. The van der Waals surface area contributed by atoms with Gasteiger partial charge >= 0.3 is 6.03 Å². The summed E-state index contributed by atoms with van der Waals surface area (Å²) in [6.07, 6.45) is 2.13. The minimum absolute atomic E-state index is 0.00805. The van der Waals surface area contributed by atoms with E-state index in [1.807, 2.05) is 36.0 Å². The number of amides is 3. The molecule has 1 aromatic rings. The highest BCUT2D eigenvalue weighted by atomic mass is 32.1. The number of nitrogens with one attached hydrogen (secondary N) is 1. The fourth-order valence-corrected chi connectivity index (χ4v) is 4.20. The van der Waals surface area contributed by atoms with Crippen molar-refractivity contribution in [2.45, 2.75) is 64.7 Å². The third-order valence-electron chi connectivity index (χ3n) is 4.56. The van der Waals surface area contributed by atoms with Crippen LogP contribution in [0.3, 0.4) is 0 Å². The van der Waals surface area contributed by atoms with Crippen LogP contribution in [0.15, 0.2) is 5.38 Å². The monoisotopic (exact) mass is 336 g/mol. The molecule has 2 aliphatic heterocycles. The Morgan fingerprint density at radius 1 is 1.43 bits per heavy atom. The summed E-state index contributed by atoms with van der Waals surface area (Å²) in [5.41, 5.74) is 0.951. The van der Waals surface area contributed by atoms with Crippen molar-refractivity contribution in [3.8, 4) is 0 Å². The van der Waals surface area contributed by atoms with E-state index in [9.17, 15) is 9.59 Å². The van der Waals surface area contributed by atoms with Crippen molar-refractivity contribution in [3.63, 3.8) is 0 Å². The molecular formula is C16H24N4O2S. The van der Waals surface area contributed by atoms with E-state index in [1.165, 1.54) is 0 Å². The van der Waals surface area contributed by atoms with E-state index in [4.69, 9.17) is 0 Å². The summed E-state index contributed by atoms with van der Waals surface area (Å²) in [5.74, 6) is 0.183. The Kier molecular flexibility index (Phi) is 4.57. The predicted octanol–water partition coefficient (Wildman–Crippen LogP) is 2.13. The van der Waals surface area contributed by atoms with Gasteiger partial charge < -0.3 is 15.1 Å². The van der Waals surface area contributed by atoms with Gasteiger partial charge in [0.15, 0.2) is 0 Å². The van der Waals surface area contributed by atoms with Gasteiger partial charge in [-0.1, -0.05) is 0 Å². The molecule has 2 atom stereocenters. The standard InChI is InChI=1S/C16H24N4O2S/c1-10(2)17-16(22)19-7-6-14-13(19)4-5-15(21)20(14)8-12-9-23-11(3)18-12/h9-10,13-14H,4-8H2,1-3H3,(H,17,22)/t13-,14-/m1/s1. The molecule has 0 bridgehead atoms. The number of nitrogens with zero attached hydrogens (tertiary/aromatic N) is 3. The van der Waals surface area contributed by atoms with Crippen molar-refractivity contribution in [2.24, 2.45) is 0 Å². The SMILES string of the molecule is Cc1nc(CN2C(=O)CC[C@@H]3[C@H]2CCN3C(=O)NC(C)C)cs1. The first kappa shape index (κ1) is 16.2. The number of hydrogen-bond donors (Lipinski definition) is 1. The Hall–Kier alpha value is -1.63. The lowest BCUT2D eigenvalue weighted by Crippen LogP contribution is -2.54. The Labute approximate surface area is 140 Å². The largest absolute Gasteiger partial charge is 0.336 e. The minimum Gasteiger partial charge on any atom is -0.336 e. The van der Waals surface area contributed by atoms with Crippen LogP contribution in [0.25, 0.3) is 0 Å². The fourth-order valence-electron chi connectivity index (χ4n) is 3.59. The number of rotatable bonds is 3. The Morgan fingerprint density at radius 3 is 2.87 bits per heavy atom. The summed E-state index contributed by atoms with van der Waals surface area (Å²) < 4.78 is 0. The topological polar surface area (TPSA) is 65.5 Å². The van der Waals surface area contributed by atoms with Crippen molar-refractivity contribution in [1.82, 2.24) is 20.1 Å². The van der Waals surface area contributed by atoms with Gasteiger partial charge in [-0.3, -0.25) is 4.79 Å². The van der Waals surface area contributed by atoms with Gasteiger partial charge in [0.05, 0.1) is 29.3 Å². The summed E-state index contributed by atoms with van der Waals surface area (Å²) >= 11 is 1.61. The van der Waals surface area contributed by atoms with Crippen LogP contribution in [0, 0.1) is 6.92 Å². The van der Waals surface area contributed by atoms with E-state index in [0.29, 0.717) is 19.5 Å². The number of aryl methyl sites for hydroxylation is 1.